The molecule has 19 heavy (non-hydrogen) atoms. The van der Waals surface area contributed by atoms with Gasteiger partial charge >= 0.3 is 5.97 Å². The second-order valence-electron chi connectivity index (χ2n) is 4.57. The van der Waals surface area contributed by atoms with Crippen LogP contribution < -0.4 is 4.90 Å². The van der Waals surface area contributed by atoms with Gasteiger partial charge in [0, 0.05) is 7.05 Å². The van der Waals surface area contributed by atoms with E-state index in [4.69, 9.17) is 4.74 Å². The van der Waals surface area contributed by atoms with E-state index in [0.717, 1.165) is 5.69 Å². The van der Waals surface area contributed by atoms with Gasteiger partial charge in [0.2, 0.25) is 0 Å². The molecule has 0 radical (unpaired) electrons. The lowest BCUT2D eigenvalue weighted by molar-refractivity contribution is 0.0524. The molecule has 0 fully saturated rings. The molecule has 2 heterocycles. The van der Waals surface area contributed by atoms with Crippen LogP contribution in [0.1, 0.15) is 55.5 Å². The largest absolute Gasteiger partial charge is 0.460 e. The molecule has 2 rings (SSSR count). The summed E-state index contributed by atoms with van der Waals surface area (Å²) in [7, 11) is 1.91. The molecule has 5 heteroatoms. The summed E-state index contributed by atoms with van der Waals surface area (Å²) in [6, 6.07) is 0. The molecule has 1 aliphatic heterocycles. The minimum absolute atomic E-state index is 0.171. The van der Waals surface area contributed by atoms with Crippen molar-refractivity contribution in [2.45, 2.75) is 40.5 Å². The van der Waals surface area contributed by atoms with Gasteiger partial charge in [-0.1, -0.05) is 27.7 Å². The maximum atomic E-state index is 12.0. The molecule has 0 bridgehead atoms. The van der Waals surface area contributed by atoms with E-state index < -0.39 is 0 Å². The Labute approximate surface area is 115 Å². The number of fused-ring (bicyclic) bond motifs is 1. The second-order valence-corrected chi connectivity index (χ2v) is 4.57. The van der Waals surface area contributed by atoms with E-state index >= 15 is 0 Å². The van der Waals surface area contributed by atoms with Gasteiger partial charge in [0.15, 0.2) is 0 Å². The van der Waals surface area contributed by atoms with Crippen molar-refractivity contribution in [3.8, 4) is 0 Å². The first-order chi connectivity index (χ1) is 9.00. The number of carbonyl (C=O) groups excluding carboxylic acids is 1. The molecule has 0 spiro atoms. The van der Waals surface area contributed by atoms with Crippen LogP contribution in [0.15, 0.2) is 0 Å². The summed E-state index contributed by atoms with van der Waals surface area (Å²) in [6.07, 6.45) is 0. The molecule has 1 aromatic rings. The number of esters is 1. The van der Waals surface area contributed by atoms with E-state index in [-0.39, 0.29) is 11.9 Å². The zero-order chi connectivity index (χ0) is 14.6. The predicted octanol–water partition coefficient (Wildman–Crippen LogP) is 2.54. The number of aryl methyl sites for hydroxylation is 1. The monoisotopic (exact) mass is 265 g/mol. The number of carbonyl (C=O) groups is 1. The van der Waals surface area contributed by atoms with Crippen LogP contribution in [0.3, 0.4) is 0 Å². The highest BCUT2D eigenvalue weighted by atomic mass is 16.5. The van der Waals surface area contributed by atoms with Gasteiger partial charge in [0.1, 0.15) is 23.8 Å². The van der Waals surface area contributed by atoms with Crippen LogP contribution >= 0.6 is 0 Å². The number of likely N-dealkylation sites (N-methyl/N-ethyl adjacent to an activating group) is 1. The molecule has 0 aromatic carbocycles. The Bertz CT molecular complexity index is 458. The topological polar surface area (TPSA) is 55.3 Å². The molecule has 0 N–H and O–H groups in total. The molecule has 5 nitrogen and oxygen atoms in total. The van der Waals surface area contributed by atoms with Crippen molar-refractivity contribution in [1.82, 2.24) is 9.97 Å². The normalized spacial score (nSPS) is 14.3. The minimum atomic E-state index is -0.312. The Morgan fingerprint density at radius 3 is 2.47 bits per heavy atom. The molecule has 0 unspecified atom stereocenters. The Morgan fingerprint density at radius 2 is 1.89 bits per heavy atom. The highest BCUT2D eigenvalue weighted by molar-refractivity contribution is 5.96. The molecule has 0 atom stereocenters. The first-order valence-corrected chi connectivity index (χ1v) is 6.77. The standard InChI is InChI=1S/C12H17N3O2.C2H6/c1-7(2)10-9-11(14-8(3)13-10)15(4)5-6-17-12(9)16;1-2/h7H,5-6H2,1-4H3;1-2H3. The molecule has 0 saturated heterocycles. The van der Waals surface area contributed by atoms with E-state index in [1.54, 1.807) is 0 Å². The average Bonchev–Trinajstić information content (AvgIpc) is 2.51. The summed E-state index contributed by atoms with van der Waals surface area (Å²) < 4.78 is 5.17. The fourth-order valence-corrected chi connectivity index (χ4v) is 1.92. The van der Waals surface area contributed by atoms with Gasteiger partial charge in [0.05, 0.1) is 12.2 Å². The minimum Gasteiger partial charge on any atom is -0.460 e. The number of hydrogen-bond acceptors (Lipinski definition) is 5. The van der Waals surface area contributed by atoms with Crippen LogP contribution in [0.25, 0.3) is 0 Å². The predicted molar refractivity (Wildman–Crippen MR) is 75.8 cm³/mol. The van der Waals surface area contributed by atoms with Crippen LogP contribution in [0, 0.1) is 6.92 Å². The lowest BCUT2D eigenvalue weighted by Crippen LogP contribution is -2.22. The van der Waals surface area contributed by atoms with Gasteiger partial charge < -0.3 is 9.64 Å². The van der Waals surface area contributed by atoms with Crippen molar-refractivity contribution in [3.05, 3.63) is 17.1 Å². The Morgan fingerprint density at radius 1 is 1.26 bits per heavy atom. The molecule has 1 aromatic heterocycles. The van der Waals surface area contributed by atoms with E-state index in [0.29, 0.717) is 30.4 Å². The number of anilines is 1. The highest BCUT2D eigenvalue weighted by Gasteiger charge is 2.27. The Kier molecular flexibility index (Phi) is 5.27. The fourth-order valence-electron chi connectivity index (χ4n) is 1.92. The Hall–Kier alpha value is -1.65. The van der Waals surface area contributed by atoms with Gasteiger partial charge in [-0.3, -0.25) is 0 Å². The van der Waals surface area contributed by atoms with Crippen LogP contribution in [-0.2, 0) is 4.74 Å². The van der Waals surface area contributed by atoms with Crippen molar-refractivity contribution in [2.75, 3.05) is 25.1 Å². The number of hydrogen-bond donors (Lipinski definition) is 0. The van der Waals surface area contributed by atoms with Gasteiger partial charge in [-0.2, -0.15) is 0 Å². The van der Waals surface area contributed by atoms with Crippen LogP contribution in [0.5, 0.6) is 0 Å². The molecule has 106 valence electrons. The first-order valence-electron chi connectivity index (χ1n) is 6.77. The fraction of sp³-hybridized carbons (Fsp3) is 0.643. The van der Waals surface area contributed by atoms with Crippen LogP contribution in [0.2, 0.25) is 0 Å². The number of rotatable bonds is 1. The highest BCUT2D eigenvalue weighted by Crippen LogP contribution is 2.27. The molecular formula is C14H23N3O2. The smallest absolute Gasteiger partial charge is 0.343 e. The SMILES string of the molecule is CC.Cc1nc(C(C)C)c2c(n1)N(C)CCOC2=O. The first kappa shape index (κ1) is 15.4. The number of aromatic nitrogens is 2. The van der Waals surface area contributed by atoms with E-state index in [2.05, 4.69) is 9.97 Å². The summed E-state index contributed by atoms with van der Waals surface area (Å²) in [4.78, 5) is 22.6. The van der Waals surface area contributed by atoms with E-state index in [1.807, 2.05) is 46.6 Å². The lowest BCUT2D eigenvalue weighted by Gasteiger charge is -2.18. The molecule has 1 aliphatic rings. The molecule has 0 aliphatic carbocycles. The average molecular weight is 265 g/mol. The molecule has 0 saturated carbocycles. The van der Waals surface area contributed by atoms with Gasteiger partial charge in [0.25, 0.3) is 0 Å². The zero-order valence-electron chi connectivity index (χ0n) is 12.6. The van der Waals surface area contributed by atoms with Gasteiger partial charge in [-0.25, -0.2) is 14.8 Å². The Balaban J connectivity index is 0.000000861. The van der Waals surface area contributed by atoms with Crippen molar-refractivity contribution < 1.29 is 9.53 Å². The van der Waals surface area contributed by atoms with Crippen molar-refractivity contribution >= 4 is 11.8 Å². The number of ether oxygens (including phenoxy) is 1. The summed E-state index contributed by atoms with van der Waals surface area (Å²) >= 11 is 0. The van der Waals surface area contributed by atoms with Crippen LogP contribution in [-0.4, -0.2) is 36.1 Å². The summed E-state index contributed by atoms with van der Waals surface area (Å²) in [6.45, 7) is 10.9. The molecule has 0 amide bonds. The number of cyclic esters (lactones) is 1. The summed E-state index contributed by atoms with van der Waals surface area (Å²) in [5.74, 6) is 1.23. The second kappa shape index (κ2) is 6.50. The zero-order valence-corrected chi connectivity index (χ0v) is 12.6. The van der Waals surface area contributed by atoms with Crippen molar-refractivity contribution in [1.29, 1.82) is 0 Å². The van der Waals surface area contributed by atoms with Gasteiger partial charge in [-0.15, -0.1) is 0 Å². The van der Waals surface area contributed by atoms with Gasteiger partial charge in [-0.05, 0) is 12.8 Å². The third-order valence-electron chi connectivity index (χ3n) is 2.80. The van der Waals surface area contributed by atoms with Crippen LogP contribution in [0.4, 0.5) is 5.82 Å². The third kappa shape index (κ3) is 3.22. The number of nitrogens with zero attached hydrogens (tertiary/aromatic N) is 3. The maximum absolute atomic E-state index is 12.0. The van der Waals surface area contributed by atoms with E-state index in [9.17, 15) is 4.79 Å². The lowest BCUT2D eigenvalue weighted by atomic mass is 10.0. The summed E-state index contributed by atoms with van der Waals surface area (Å²) in [5.41, 5.74) is 1.29. The third-order valence-corrected chi connectivity index (χ3v) is 2.80. The van der Waals surface area contributed by atoms with E-state index in [1.165, 1.54) is 0 Å². The quantitative estimate of drug-likeness (QED) is 0.730. The maximum Gasteiger partial charge on any atom is 0.343 e. The van der Waals surface area contributed by atoms with Crippen molar-refractivity contribution in [2.24, 2.45) is 0 Å². The van der Waals surface area contributed by atoms with Crippen molar-refractivity contribution in [3.63, 3.8) is 0 Å². The molecular weight excluding hydrogens is 242 g/mol. The summed E-state index contributed by atoms with van der Waals surface area (Å²) in [5, 5.41) is 0.